The van der Waals surface area contributed by atoms with Gasteiger partial charge >= 0.3 is 5.97 Å². The Morgan fingerprint density at radius 2 is 1.75 bits per heavy atom. The Bertz CT molecular complexity index is 474. The minimum absolute atomic E-state index is 0.0501. The Hall–Kier alpha value is -1.30. The molecule has 5 nitrogen and oxygen atoms in total. The van der Waals surface area contributed by atoms with Gasteiger partial charge in [0.2, 0.25) is 5.91 Å². The number of carboxylic acid groups (broad SMARTS) is 1. The predicted molar refractivity (Wildman–Crippen MR) is 79.5 cm³/mol. The summed E-state index contributed by atoms with van der Waals surface area (Å²) in [7, 11) is 1.76. The quantitative estimate of drug-likeness (QED) is 0.811. The van der Waals surface area contributed by atoms with E-state index in [2.05, 4.69) is 5.32 Å². The van der Waals surface area contributed by atoms with Gasteiger partial charge in [-0.05, 0) is 19.2 Å². The van der Waals surface area contributed by atoms with Crippen molar-refractivity contribution in [3.63, 3.8) is 0 Å². The molecule has 0 heterocycles. The summed E-state index contributed by atoms with van der Waals surface area (Å²) < 4.78 is 0. The van der Waals surface area contributed by atoms with Gasteiger partial charge in [0.1, 0.15) is 0 Å². The van der Waals surface area contributed by atoms with Crippen LogP contribution < -0.4 is 5.32 Å². The third-order valence-electron chi connectivity index (χ3n) is 2.66. The molecule has 0 unspecified atom stereocenters. The third-order valence-corrected chi connectivity index (χ3v) is 3.29. The second kappa shape index (κ2) is 8.09. The molecule has 110 valence electrons. The molecule has 1 rings (SSSR count). The summed E-state index contributed by atoms with van der Waals surface area (Å²) in [5.41, 5.74) is 0.397. The molecule has 0 aliphatic heterocycles. The van der Waals surface area contributed by atoms with Crippen LogP contribution in [0, 0.1) is 0 Å². The van der Waals surface area contributed by atoms with E-state index in [9.17, 15) is 9.59 Å². The van der Waals surface area contributed by atoms with Gasteiger partial charge < -0.3 is 15.3 Å². The largest absolute Gasteiger partial charge is 0.481 e. The Labute approximate surface area is 127 Å². The van der Waals surface area contributed by atoms with Crippen LogP contribution in [0.5, 0.6) is 0 Å². The van der Waals surface area contributed by atoms with Crippen LogP contribution in [0.15, 0.2) is 18.2 Å². The van der Waals surface area contributed by atoms with Crippen LogP contribution in [0.4, 0.5) is 5.69 Å². The number of hydrogen-bond acceptors (Lipinski definition) is 3. The zero-order valence-electron chi connectivity index (χ0n) is 11.0. The lowest BCUT2D eigenvalue weighted by Crippen LogP contribution is -2.26. The van der Waals surface area contributed by atoms with E-state index in [1.807, 2.05) is 0 Å². The molecule has 1 aromatic carbocycles. The van der Waals surface area contributed by atoms with Gasteiger partial charge in [-0.1, -0.05) is 29.3 Å². The van der Waals surface area contributed by atoms with E-state index in [0.717, 1.165) is 0 Å². The summed E-state index contributed by atoms with van der Waals surface area (Å²) in [5.74, 6) is -1.08. The highest BCUT2D eigenvalue weighted by Crippen LogP contribution is 2.29. The number of para-hydroxylation sites is 1. The van der Waals surface area contributed by atoms with Crippen molar-refractivity contribution in [2.45, 2.75) is 12.8 Å². The van der Waals surface area contributed by atoms with Crippen LogP contribution in [-0.4, -0.2) is 42.0 Å². The van der Waals surface area contributed by atoms with Crippen molar-refractivity contribution in [3.8, 4) is 0 Å². The molecular weight excluding hydrogens is 303 g/mol. The Balaban J connectivity index is 2.42. The average molecular weight is 319 g/mol. The van der Waals surface area contributed by atoms with Crippen molar-refractivity contribution in [3.05, 3.63) is 28.2 Å². The monoisotopic (exact) mass is 318 g/mol. The van der Waals surface area contributed by atoms with Gasteiger partial charge in [-0.15, -0.1) is 0 Å². The van der Waals surface area contributed by atoms with Crippen LogP contribution in [0.2, 0.25) is 10.0 Å². The molecule has 0 fully saturated rings. The van der Waals surface area contributed by atoms with E-state index in [4.69, 9.17) is 28.3 Å². The minimum Gasteiger partial charge on any atom is -0.481 e. The van der Waals surface area contributed by atoms with Crippen LogP contribution >= 0.6 is 23.2 Å². The van der Waals surface area contributed by atoms with E-state index in [-0.39, 0.29) is 18.7 Å². The second-order valence-electron chi connectivity index (χ2n) is 4.34. The Morgan fingerprint density at radius 3 is 2.30 bits per heavy atom. The number of nitrogens with zero attached hydrogens (tertiary/aromatic N) is 1. The summed E-state index contributed by atoms with van der Waals surface area (Å²) in [6, 6.07) is 4.98. The summed E-state index contributed by atoms with van der Waals surface area (Å²) in [6.45, 7) is 0.858. The molecule has 2 N–H and O–H groups in total. The van der Waals surface area contributed by atoms with Gasteiger partial charge in [0.25, 0.3) is 0 Å². The number of nitrogens with one attached hydrogen (secondary N) is 1. The van der Waals surface area contributed by atoms with Crippen molar-refractivity contribution in [1.82, 2.24) is 4.90 Å². The number of amides is 1. The first-order chi connectivity index (χ1) is 9.40. The van der Waals surface area contributed by atoms with Gasteiger partial charge in [-0.3, -0.25) is 9.59 Å². The maximum absolute atomic E-state index is 11.8. The number of rotatable bonds is 7. The number of carbonyl (C=O) groups excluding carboxylic acids is 1. The molecule has 0 spiro atoms. The SMILES string of the molecule is CN(CCC(=O)O)CCC(=O)Nc1c(Cl)cccc1Cl. The van der Waals surface area contributed by atoms with Gasteiger partial charge in [0, 0.05) is 19.5 Å². The summed E-state index contributed by atoms with van der Waals surface area (Å²) >= 11 is 11.9. The first-order valence-electron chi connectivity index (χ1n) is 6.04. The summed E-state index contributed by atoms with van der Waals surface area (Å²) in [5, 5.41) is 12.0. The number of carboxylic acids is 1. The first kappa shape index (κ1) is 16.8. The number of anilines is 1. The number of carbonyl (C=O) groups is 2. The molecule has 0 aliphatic carbocycles. The highest BCUT2D eigenvalue weighted by atomic mass is 35.5. The zero-order valence-corrected chi connectivity index (χ0v) is 12.5. The van der Waals surface area contributed by atoms with Crippen LogP contribution in [0.25, 0.3) is 0 Å². The molecule has 20 heavy (non-hydrogen) atoms. The standard InChI is InChI=1S/C13H16Cl2N2O3/c1-17(8-6-12(19)20)7-5-11(18)16-13-9(14)3-2-4-10(13)15/h2-4H,5-8H2,1H3,(H,16,18)(H,19,20). The summed E-state index contributed by atoms with van der Waals surface area (Å²) in [4.78, 5) is 24.0. The topological polar surface area (TPSA) is 69.6 Å². The van der Waals surface area contributed by atoms with Crippen molar-refractivity contribution >= 4 is 40.8 Å². The number of benzene rings is 1. The maximum atomic E-state index is 11.8. The lowest BCUT2D eigenvalue weighted by Gasteiger charge is -2.15. The van der Waals surface area contributed by atoms with Crippen molar-refractivity contribution < 1.29 is 14.7 Å². The van der Waals surface area contributed by atoms with Gasteiger partial charge in [0.15, 0.2) is 0 Å². The van der Waals surface area contributed by atoms with Crippen LogP contribution in [-0.2, 0) is 9.59 Å². The highest BCUT2D eigenvalue weighted by molar-refractivity contribution is 6.39. The van der Waals surface area contributed by atoms with Crippen molar-refractivity contribution in [2.24, 2.45) is 0 Å². The molecule has 0 aliphatic rings. The molecule has 1 aromatic rings. The van der Waals surface area contributed by atoms with E-state index in [0.29, 0.717) is 28.8 Å². The molecule has 0 atom stereocenters. The smallest absolute Gasteiger partial charge is 0.304 e. The lowest BCUT2D eigenvalue weighted by atomic mass is 10.3. The lowest BCUT2D eigenvalue weighted by molar-refractivity contribution is -0.137. The fourth-order valence-corrected chi connectivity index (χ4v) is 2.00. The fourth-order valence-electron chi connectivity index (χ4n) is 1.51. The molecule has 1 amide bonds. The van der Waals surface area contributed by atoms with Gasteiger partial charge in [-0.2, -0.15) is 0 Å². The zero-order chi connectivity index (χ0) is 15.1. The Morgan fingerprint density at radius 1 is 1.20 bits per heavy atom. The predicted octanol–water partition coefficient (Wildman–Crippen LogP) is 2.73. The molecule has 0 bridgehead atoms. The average Bonchev–Trinajstić information content (AvgIpc) is 2.38. The van der Waals surface area contributed by atoms with E-state index in [1.165, 1.54) is 0 Å². The molecule has 7 heteroatoms. The number of halogens is 2. The fraction of sp³-hybridized carbons (Fsp3) is 0.385. The normalized spacial score (nSPS) is 10.6. The van der Waals surface area contributed by atoms with Crippen LogP contribution in [0.1, 0.15) is 12.8 Å². The maximum Gasteiger partial charge on any atom is 0.304 e. The van der Waals surface area contributed by atoms with E-state index < -0.39 is 5.97 Å². The summed E-state index contributed by atoms with van der Waals surface area (Å²) in [6.07, 6.45) is 0.284. The van der Waals surface area contributed by atoms with E-state index in [1.54, 1.807) is 30.1 Å². The second-order valence-corrected chi connectivity index (χ2v) is 5.16. The van der Waals surface area contributed by atoms with Gasteiger partial charge in [-0.25, -0.2) is 0 Å². The number of hydrogen-bond donors (Lipinski definition) is 2. The molecule has 0 saturated carbocycles. The Kier molecular flexibility index (Phi) is 6.78. The minimum atomic E-state index is -0.857. The van der Waals surface area contributed by atoms with E-state index >= 15 is 0 Å². The molecule has 0 saturated heterocycles. The molecule has 0 aromatic heterocycles. The molecule has 0 radical (unpaired) electrons. The highest BCUT2D eigenvalue weighted by Gasteiger charge is 2.10. The third kappa shape index (κ3) is 5.77. The molecular formula is C13H16Cl2N2O3. The van der Waals surface area contributed by atoms with Crippen molar-refractivity contribution in [2.75, 3.05) is 25.5 Å². The van der Waals surface area contributed by atoms with Gasteiger partial charge in [0.05, 0.1) is 22.2 Å². The number of aliphatic carboxylic acids is 1. The van der Waals surface area contributed by atoms with Crippen LogP contribution in [0.3, 0.4) is 0 Å². The van der Waals surface area contributed by atoms with Crippen molar-refractivity contribution in [1.29, 1.82) is 0 Å². The first-order valence-corrected chi connectivity index (χ1v) is 6.80.